The van der Waals surface area contributed by atoms with E-state index < -0.39 is 5.91 Å². The summed E-state index contributed by atoms with van der Waals surface area (Å²) in [7, 11) is 0. The first kappa shape index (κ1) is 10.9. The van der Waals surface area contributed by atoms with Crippen LogP contribution in [0.15, 0.2) is 24.3 Å². The molecule has 2 N–H and O–H groups in total. The van der Waals surface area contributed by atoms with Crippen molar-refractivity contribution in [2.75, 3.05) is 18.5 Å². The Labute approximate surface area is 92.7 Å². The molecule has 1 aliphatic heterocycles. The van der Waals surface area contributed by atoms with Gasteiger partial charge in [0.15, 0.2) is 0 Å². The molecule has 0 radical (unpaired) electrons. The van der Waals surface area contributed by atoms with Crippen molar-refractivity contribution in [3.05, 3.63) is 29.8 Å². The molecule has 0 aromatic heterocycles. The molecular weight excluding hydrogens is 211 g/mol. The minimum absolute atomic E-state index is 0.188. The molecule has 4 nitrogen and oxygen atoms in total. The number of amides is 1. The monoisotopic (exact) mass is 224 g/mol. The Kier molecular flexibility index (Phi) is 3.36. The minimum atomic E-state index is -0.734. The Balaban J connectivity index is 2.15. The number of halogens is 1. The second-order valence-electron chi connectivity index (χ2n) is 3.67. The molecule has 1 aliphatic rings. The number of hydrogen-bond donors (Lipinski definition) is 2. The molecule has 0 spiro atoms. The van der Waals surface area contributed by atoms with Crippen molar-refractivity contribution < 1.29 is 14.0 Å². The van der Waals surface area contributed by atoms with Crippen molar-refractivity contribution in [2.45, 2.75) is 12.5 Å². The minimum Gasteiger partial charge on any atom is -0.379 e. The molecule has 0 saturated carbocycles. The van der Waals surface area contributed by atoms with E-state index in [0.29, 0.717) is 17.9 Å². The summed E-state index contributed by atoms with van der Waals surface area (Å²) < 4.78 is 17.3. The van der Waals surface area contributed by atoms with Gasteiger partial charge >= 0.3 is 0 Å². The maximum Gasteiger partial charge on any atom is 0.281 e. The summed E-state index contributed by atoms with van der Waals surface area (Å²) in [4.78, 5) is 11.3. The number of carbonyl (C=O) groups is 1. The van der Waals surface area contributed by atoms with Crippen LogP contribution in [-0.4, -0.2) is 25.2 Å². The van der Waals surface area contributed by atoms with Crippen LogP contribution < -0.4 is 10.9 Å². The van der Waals surface area contributed by atoms with Gasteiger partial charge in [0.1, 0.15) is 0 Å². The number of nitrogens with one attached hydrogen (secondary N) is 2. The lowest BCUT2D eigenvalue weighted by Crippen LogP contribution is -2.22. The van der Waals surface area contributed by atoms with E-state index in [1.165, 1.54) is 0 Å². The zero-order chi connectivity index (χ0) is 11.4. The summed E-state index contributed by atoms with van der Waals surface area (Å²) in [5, 5.41) is 3.17. The molecule has 1 saturated heterocycles. The van der Waals surface area contributed by atoms with Gasteiger partial charge in [-0.2, -0.15) is 5.54 Å². The summed E-state index contributed by atoms with van der Waals surface area (Å²) in [5.74, 6) is -0.734. The standard InChI is InChI=1S/C11H13FN2O2/c12-14-11(15)9-3-1-2-4-10(9)13-8-5-6-16-7-8/h1-4,8,13H,5-7H2,(H,14,15). The van der Waals surface area contributed by atoms with Crippen LogP contribution in [0, 0.1) is 0 Å². The summed E-state index contributed by atoms with van der Waals surface area (Å²) in [6, 6.07) is 7.01. The zero-order valence-electron chi connectivity index (χ0n) is 8.70. The summed E-state index contributed by atoms with van der Waals surface area (Å²) in [6.45, 7) is 1.33. The van der Waals surface area contributed by atoms with Gasteiger partial charge in [0.05, 0.1) is 18.2 Å². The average Bonchev–Trinajstić information content (AvgIpc) is 2.82. The number of rotatable bonds is 3. The van der Waals surface area contributed by atoms with E-state index in [0.717, 1.165) is 18.6 Å². The maximum absolute atomic E-state index is 12.1. The molecule has 1 unspecified atom stereocenters. The molecule has 1 aromatic rings. The zero-order valence-corrected chi connectivity index (χ0v) is 8.70. The lowest BCUT2D eigenvalue weighted by molar-refractivity contribution is 0.0860. The largest absolute Gasteiger partial charge is 0.379 e. The molecule has 1 atom stereocenters. The van der Waals surface area contributed by atoms with Gasteiger partial charge in [-0.15, -0.1) is 0 Å². The quantitative estimate of drug-likeness (QED) is 0.765. The Hall–Kier alpha value is -1.62. The van der Waals surface area contributed by atoms with Crippen LogP contribution in [-0.2, 0) is 4.74 Å². The van der Waals surface area contributed by atoms with Crippen LogP contribution in [0.5, 0.6) is 0 Å². The van der Waals surface area contributed by atoms with Gasteiger partial charge in [0.2, 0.25) is 0 Å². The van der Waals surface area contributed by atoms with Crippen LogP contribution in [0.2, 0.25) is 0 Å². The van der Waals surface area contributed by atoms with Crippen LogP contribution >= 0.6 is 0 Å². The highest BCUT2D eigenvalue weighted by molar-refractivity contribution is 5.98. The SMILES string of the molecule is O=C(NF)c1ccccc1NC1CCOC1. The predicted molar refractivity (Wildman–Crippen MR) is 57.9 cm³/mol. The number of carbonyl (C=O) groups excluding carboxylic acids is 1. The Morgan fingerprint density at radius 2 is 2.25 bits per heavy atom. The molecule has 0 bridgehead atoms. The first-order valence-electron chi connectivity index (χ1n) is 5.15. The van der Waals surface area contributed by atoms with E-state index in [2.05, 4.69) is 5.32 Å². The number of ether oxygens (including phenoxy) is 1. The predicted octanol–water partition coefficient (Wildman–Crippen LogP) is 1.50. The van der Waals surface area contributed by atoms with Crippen molar-refractivity contribution in [3.63, 3.8) is 0 Å². The van der Waals surface area contributed by atoms with E-state index in [4.69, 9.17) is 4.74 Å². The molecule has 86 valence electrons. The van der Waals surface area contributed by atoms with Gasteiger partial charge in [0.25, 0.3) is 5.91 Å². The first-order valence-corrected chi connectivity index (χ1v) is 5.15. The van der Waals surface area contributed by atoms with E-state index in [1.807, 2.05) is 0 Å². The fourth-order valence-electron chi connectivity index (χ4n) is 1.73. The summed E-state index contributed by atoms with van der Waals surface area (Å²) in [5.41, 5.74) is 2.07. The highest BCUT2D eigenvalue weighted by Crippen LogP contribution is 2.18. The molecule has 0 aliphatic carbocycles. The second kappa shape index (κ2) is 4.94. The van der Waals surface area contributed by atoms with Crippen LogP contribution in [0.1, 0.15) is 16.8 Å². The van der Waals surface area contributed by atoms with Gasteiger partial charge in [-0.1, -0.05) is 16.6 Å². The van der Waals surface area contributed by atoms with E-state index in [9.17, 15) is 9.28 Å². The smallest absolute Gasteiger partial charge is 0.281 e. The molecule has 1 heterocycles. The third kappa shape index (κ3) is 2.30. The number of para-hydroxylation sites is 1. The number of benzene rings is 1. The van der Waals surface area contributed by atoms with Gasteiger partial charge in [0, 0.05) is 12.3 Å². The van der Waals surface area contributed by atoms with Gasteiger partial charge in [-0.05, 0) is 18.6 Å². The molecule has 5 heteroatoms. The summed E-state index contributed by atoms with van der Waals surface area (Å²) in [6.07, 6.45) is 0.894. The maximum atomic E-state index is 12.1. The van der Waals surface area contributed by atoms with Crippen molar-refractivity contribution in [3.8, 4) is 0 Å². The topological polar surface area (TPSA) is 50.4 Å². The fourth-order valence-corrected chi connectivity index (χ4v) is 1.73. The van der Waals surface area contributed by atoms with E-state index in [1.54, 1.807) is 24.3 Å². The van der Waals surface area contributed by atoms with Crippen molar-refractivity contribution in [2.24, 2.45) is 0 Å². The Morgan fingerprint density at radius 1 is 1.44 bits per heavy atom. The number of anilines is 1. The van der Waals surface area contributed by atoms with Crippen molar-refractivity contribution in [1.82, 2.24) is 5.54 Å². The van der Waals surface area contributed by atoms with Gasteiger partial charge < -0.3 is 10.1 Å². The third-order valence-corrected chi connectivity index (χ3v) is 2.55. The van der Waals surface area contributed by atoms with E-state index >= 15 is 0 Å². The molecule has 16 heavy (non-hydrogen) atoms. The first-order chi connectivity index (χ1) is 7.81. The highest BCUT2D eigenvalue weighted by atomic mass is 19.2. The van der Waals surface area contributed by atoms with Gasteiger partial charge in [-0.3, -0.25) is 4.79 Å². The van der Waals surface area contributed by atoms with Crippen LogP contribution in [0.25, 0.3) is 0 Å². The molecule has 1 aromatic carbocycles. The van der Waals surface area contributed by atoms with E-state index in [-0.39, 0.29) is 6.04 Å². The second-order valence-corrected chi connectivity index (χ2v) is 3.67. The number of hydrogen-bond acceptors (Lipinski definition) is 3. The lowest BCUT2D eigenvalue weighted by atomic mass is 10.1. The highest BCUT2D eigenvalue weighted by Gasteiger charge is 2.18. The van der Waals surface area contributed by atoms with Crippen LogP contribution in [0.3, 0.4) is 0 Å². The summed E-state index contributed by atoms with van der Waals surface area (Å²) >= 11 is 0. The average molecular weight is 224 g/mol. The molecule has 1 fully saturated rings. The lowest BCUT2D eigenvalue weighted by Gasteiger charge is -2.14. The molecular formula is C11H13FN2O2. The van der Waals surface area contributed by atoms with Gasteiger partial charge in [-0.25, -0.2) is 0 Å². The Bertz CT molecular complexity index is 378. The van der Waals surface area contributed by atoms with Crippen molar-refractivity contribution in [1.29, 1.82) is 0 Å². The van der Waals surface area contributed by atoms with Crippen molar-refractivity contribution >= 4 is 11.6 Å². The molecule has 1 amide bonds. The molecule has 2 rings (SSSR count). The van der Waals surface area contributed by atoms with Crippen LogP contribution in [0.4, 0.5) is 10.2 Å². The fraction of sp³-hybridized carbons (Fsp3) is 0.364. The third-order valence-electron chi connectivity index (χ3n) is 2.55. The normalized spacial score (nSPS) is 19.4. The Morgan fingerprint density at radius 3 is 2.94 bits per heavy atom.